The Hall–Kier alpha value is -0.940. The highest BCUT2D eigenvalue weighted by molar-refractivity contribution is 14.0. The Kier molecular flexibility index (Phi) is 15.1. The van der Waals surface area contributed by atoms with Crippen molar-refractivity contribution in [1.29, 1.82) is 0 Å². The van der Waals surface area contributed by atoms with E-state index in [2.05, 4.69) is 56.6 Å². The summed E-state index contributed by atoms with van der Waals surface area (Å²) < 4.78 is 10.4. The Bertz CT molecular complexity index is 577. The Balaban J connectivity index is 0.00000450. The Morgan fingerprint density at radius 2 is 1.63 bits per heavy atom. The predicted molar refractivity (Wildman–Crippen MR) is 135 cm³/mol. The van der Waals surface area contributed by atoms with Crippen LogP contribution in [0.5, 0.6) is 0 Å². The third-order valence-electron chi connectivity index (χ3n) is 5.21. The first kappa shape index (κ1) is 27.1. The van der Waals surface area contributed by atoms with Gasteiger partial charge in [-0.05, 0) is 24.1 Å². The number of halogens is 1. The number of piperazine rings is 1. The monoisotopic (exact) mass is 533 g/mol. The molecule has 172 valence electrons. The van der Waals surface area contributed by atoms with Gasteiger partial charge in [-0.2, -0.15) is 0 Å². The van der Waals surface area contributed by atoms with E-state index >= 15 is 0 Å². The molecule has 1 aromatic carbocycles. The molecule has 1 aromatic rings. The summed E-state index contributed by atoms with van der Waals surface area (Å²) in [4.78, 5) is 9.34. The van der Waals surface area contributed by atoms with Crippen LogP contribution in [0, 0.1) is 0 Å². The van der Waals surface area contributed by atoms with Crippen LogP contribution in [0.1, 0.15) is 24.5 Å². The van der Waals surface area contributed by atoms with Crippen molar-refractivity contribution < 1.29 is 9.47 Å². The zero-order valence-corrected chi connectivity index (χ0v) is 21.2. The number of rotatable bonds is 12. The van der Waals surface area contributed by atoms with E-state index in [1.807, 2.05) is 0 Å². The van der Waals surface area contributed by atoms with Gasteiger partial charge in [0.2, 0.25) is 0 Å². The van der Waals surface area contributed by atoms with Gasteiger partial charge in [-0.25, -0.2) is 0 Å². The molecule has 1 aliphatic rings. The molecule has 0 unspecified atom stereocenters. The van der Waals surface area contributed by atoms with Crippen LogP contribution in [0.2, 0.25) is 0 Å². The van der Waals surface area contributed by atoms with E-state index in [1.165, 1.54) is 24.2 Å². The minimum Gasteiger partial charge on any atom is -0.382 e. The molecule has 0 amide bonds. The van der Waals surface area contributed by atoms with Gasteiger partial charge < -0.3 is 25.0 Å². The third kappa shape index (κ3) is 10.9. The van der Waals surface area contributed by atoms with Crippen LogP contribution in [0.4, 0.5) is 0 Å². The summed E-state index contributed by atoms with van der Waals surface area (Å²) in [6.45, 7) is 12.8. The summed E-state index contributed by atoms with van der Waals surface area (Å²) in [6, 6.07) is 8.91. The first-order chi connectivity index (χ1) is 14.2. The lowest BCUT2D eigenvalue weighted by atomic mass is 10.1. The van der Waals surface area contributed by atoms with Crippen LogP contribution in [0.25, 0.3) is 0 Å². The first-order valence-electron chi connectivity index (χ1n) is 10.8. The highest BCUT2D eigenvalue weighted by atomic mass is 127. The Morgan fingerprint density at radius 1 is 0.967 bits per heavy atom. The van der Waals surface area contributed by atoms with E-state index in [4.69, 9.17) is 9.47 Å². The molecule has 1 aliphatic heterocycles. The number of benzene rings is 1. The van der Waals surface area contributed by atoms with Gasteiger partial charge in [-0.3, -0.25) is 9.89 Å². The van der Waals surface area contributed by atoms with Crippen molar-refractivity contribution in [2.75, 3.05) is 73.2 Å². The molecule has 8 heteroatoms. The number of likely N-dealkylation sites (N-methyl/N-ethyl adjacent to an activating group) is 1. The minimum absolute atomic E-state index is 0. The van der Waals surface area contributed by atoms with Crippen LogP contribution in [-0.4, -0.2) is 89.0 Å². The molecule has 0 saturated carbocycles. The lowest BCUT2D eigenvalue weighted by molar-refractivity contribution is 0.0698. The molecule has 2 N–H and O–H groups in total. The van der Waals surface area contributed by atoms with Gasteiger partial charge in [0.25, 0.3) is 0 Å². The lowest BCUT2D eigenvalue weighted by Gasteiger charge is -2.34. The molecular formula is C22H40IN5O2. The van der Waals surface area contributed by atoms with Gasteiger partial charge in [0.05, 0.1) is 13.2 Å². The summed E-state index contributed by atoms with van der Waals surface area (Å²) in [5, 5.41) is 6.69. The van der Waals surface area contributed by atoms with Crippen LogP contribution in [0.15, 0.2) is 29.3 Å². The number of nitrogens with zero attached hydrogens (tertiary/aromatic N) is 3. The number of hydrogen-bond acceptors (Lipinski definition) is 5. The van der Waals surface area contributed by atoms with Gasteiger partial charge in [0.1, 0.15) is 0 Å². The van der Waals surface area contributed by atoms with Crippen molar-refractivity contribution in [3.05, 3.63) is 35.4 Å². The average molecular weight is 533 g/mol. The summed E-state index contributed by atoms with van der Waals surface area (Å²) >= 11 is 0. The molecule has 30 heavy (non-hydrogen) atoms. The molecule has 2 rings (SSSR count). The number of methoxy groups -OCH3 is 1. The summed E-state index contributed by atoms with van der Waals surface area (Å²) in [6.07, 6.45) is 0.936. The lowest BCUT2D eigenvalue weighted by Crippen LogP contribution is -2.45. The molecule has 1 heterocycles. The molecule has 0 radical (unpaired) electrons. The molecule has 0 aromatic heterocycles. The Morgan fingerprint density at radius 3 is 2.27 bits per heavy atom. The van der Waals surface area contributed by atoms with Crippen molar-refractivity contribution in [2.45, 2.75) is 26.4 Å². The second-order valence-corrected chi connectivity index (χ2v) is 7.34. The van der Waals surface area contributed by atoms with Crippen molar-refractivity contribution in [3.8, 4) is 0 Å². The maximum Gasteiger partial charge on any atom is 0.191 e. The number of guanidine groups is 1. The molecule has 0 atom stereocenters. The van der Waals surface area contributed by atoms with Crippen LogP contribution >= 0.6 is 24.0 Å². The van der Waals surface area contributed by atoms with Crippen LogP contribution < -0.4 is 10.6 Å². The molecule has 1 fully saturated rings. The topological polar surface area (TPSA) is 61.4 Å². The standard InChI is InChI=1S/C22H39N5O2.HI/c1-4-26-11-13-27(14-12-26)19-21-8-6-20(7-9-21)18-25-22(23-2)24-10-5-15-29-17-16-28-3;/h6-9H,4-5,10-19H2,1-3H3,(H2,23,24,25);1H. The van der Waals surface area contributed by atoms with Crippen molar-refractivity contribution in [3.63, 3.8) is 0 Å². The summed E-state index contributed by atoms with van der Waals surface area (Å²) in [7, 11) is 3.48. The van der Waals surface area contributed by atoms with Gasteiger partial charge in [0.15, 0.2) is 5.96 Å². The zero-order valence-electron chi connectivity index (χ0n) is 18.9. The fraction of sp³-hybridized carbons (Fsp3) is 0.682. The van der Waals surface area contributed by atoms with Crippen LogP contribution in [-0.2, 0) is 22.6 Å². The first-order valence-corrected chi connectivity index (χ1v) is 10.8. The molecule has 0 aliphatic carbocycles. The second-order valence-electron chi connectivity index (χ2n) is 7.34. The minimum atomic E-state index is 0. The van der Waals surface area contributed by atoms with Gasteiger partial charge in [-0.1, -0.05) is 31.2 Å². The van der Waals surface area contributed by atoms with Crippen molar-refractivity contribution in [2.24, 2.45) is 4.99 Å². The van der Waals surface area contributed by atoms with Crippen LogP contribution in [0.3, 0.4) is 0 Å². The normalized spacial score (nSPS) is 15.6. The quantitative estimate of drug-likeness (QED) is 0.186. The molecule has 7 nitrogen and oxygen atoms in total. The predicted octanol–water partition coefficient (Wildman–Crippen LogP) is 2.16. The highest BCUT2D eigenvalue weighted by Crippen LogP contribution is 2.10. The van der Waals surface area contributed by atoms with E-state index in [9.17, 15) is 0 Å². The zero-order chi connectivity index (χ0) is 20.7. The van der Waals surface area contributed by atoms with Gasteiger partial charge in [-0.15, -0.1) is 24.0 Å². The summed E-state index contributed by atoms with van der Waals surface area (Å²) in [5.74, 6) is 0.819. The molecule has 0 bridgehead atoms. The van der Waals surface area contributed by atoms with E-state index < -0.39 is 0 Å². The SMILES string of the molecule is CCN1CCN(Cc2ccc(CNC(=NC)NCCCOCCOC)cc2)CC1.I. The second kappa shape index (κ2) is 16.7. The fourth-order valence-corrected chi connectivity index (χ4v) is 3.32. The molecule has 0 spiro atoms. The van der Waals surface area contributed by atoms with Crippen molar-refractivity contribution >= 4 is 29.9 Å². The Labute approximate surface area is 199 Å². The number of hydrogen-bond donors (Lipinski definition) is 2. The number of nitrogens with one attached hydrogen (secondary N) is 2. The van der Waals surface area contributed by atoms with Crippen molar-refractivity contribution in [1.82, 2.24) is 20.4 Å². The van der Waals surface area contributed by atoms with E-state index in [0.29, 0.717) is 13.2 Å². The highest BCUT2D eigenvalue weighted by Gasteiger charge is 2.15. The maximum absolute atomic E-state index is 5.46. The maximum atomic E-state index is 5.46. The molecular weight excluding hydrogens is 493 g/mol. The van der Waals surface area contributed by atoms with E-state index in [-0.39, 0.29) is 24.0 Å². The fourth-order valence-electron chi connectivity index (χ4n) is 3.32. The number of aliphatic imine (C=N–C) groups is 1. The largest absolute Gasteiger partial charge is 0.382 e. The summed E-state index contributed by atoms with van der Waals surface area (Å²) in [5.41, 5.74) is 2.64. The van der Waals surface area contributed by atoms with E-state index in [1.54, 1.807) is 14.2 Å². The smallest absolute Gasteiger partial charge is 0.191 e. The molecule has 1 saturated heterocycles. The number of ether oxygens (including phenoxy) is 2. The third-order valence-corrected chi connectivity index (χ3v) is 5.21. The van der Waals surface area contributed by atoms with Gasteiger partial charge >= 0.3 is 0 Å². The van der Waals surface area contributed by atoms with E-state index in [0.717, 1.165) is 58.3 Å². The average Bonchev–Trinajstić information content (AvgIpc) is 2.76. The van der Waals surface area contributed by atoms with Gasteiger partial charge in [0, 0.05) is 66.6 Å².